The van der Waals surface area contributed by atoms with Gasteiger partial charge in [0.05, 0.1) is 16.5 Å². The van der Waals surface area contributed by atoms with E-state index in [9.17, 15) is 19.7 Å². The monoisotopic (exact) mass is 420 g/mol. The lowest BCUT2D eigenvalue weighted by Gasteiger charge is -2.05. The first-order valence-electron chi connectivity index (χ1n) is 7.63. The van der Waals surface area contributed by atoms with Crippen molar-refractivity contribution in [2.75, 3.05) is 5.32 Å². The molecule has 1 N–H and O–H groups in total. The van der Waals surface area contributed by atoms with Gasteiger partial charge in [-0.3, -0.25) is 19.5 Å². The minimum Gasteiger partial charge on any atom is -0.407 e. The highest BCUT2D eigenvalue weighted by molar-refractivity contribution is 9.10. The third-order valence-electron chi connectivity index (χ3n) is 3.64. The van der Waals surface area contributed by atoms with Gasteiger partial charge in [-0.2, -0.15) is 0 Å². The van der Waals surface area contributed by atoms with Gasteiger partial charge < -0.3 is 9.73 Å². The molecule has 0 aliphatic heterocycles. The van der Waals surface area contributed by atoms with E-state index in [-0.39, 0.29) is 30.1 Å². The van der Waals surface area contributed by atoms with Crippen molar-refractivity contribution in [1.29, 1.82) is 0 Å². The number of non-ortho nitro benzene ring substituents is 1. The third-order valence-corrected chi connectivity index (χ3v) is 4.11. The van der Waals surface area contributed by atoms with Gasteiger partial charge in [-0.15, -0.1) is 0 Å². The van der Waals surface area contributed by atoms with E-state index in [4.69, 9.17) is 4.42 Å². The van der Waals surface area contributed by atoms with E-state index >= 15 is 0 Å². The maximum Gasteiger partial charge on any atom is 0.419 e. The molecular formula is C16H13BrN4O5. The molecule has 26 heavy (non-hydrogen) atoms. The molecule has 2 aromatic heterocycles. The minimum absolute atomic E-state index is 0.146. The van der Waals surface area contributed by atoms with Gasteiger partial charge in [0, 0.05) is 29.7 Å². The molecule has 1 amide bonds. The molecule has 0 atom stereocenters. The first kappa shape index (κ1) is 17.8. The fraction of sp³-hybridized carbons (Fsp3) is 0.188. The van der Waals surface area contributed by atoms with E-state index in [1.54, 1.807) is 18.3 Å². The van der Waals surface area contributed by atoms with Crippen LogP contribution in [0.25, 0.3) is 11.1 Å². The van der Waals surface area contributed by atoms with Gasteiger partial charge in [-0.05, 0) is 40.5 Å². The van der Waals surface area contributed by atoms with Crippen LogP contribution in [0, 0.1) is 10.1 Å². The van der Waals surface area contributed by atoms with Crippen LogP contribution in [0.1, 0.15) is 12.8 Å². The average Bonchev–Trinajstić information content (AvgIpc) is 2.91. The van der Waals surface area contributed by atoms with Gasteiger partial charge in [-0.25, -0.2) is 9.78 Å². The maximum absolute atomic E-state index is 11.9. The molecule has 0 fully saturated rings. The number of hydrogen-bond acceptors (Lipinski definition) is 6. The van der Waals surface area contributed by atoms with Crippen LogP contribution in [0.15, 0.2) is 50.2 Å². The van der Waals surface area contributed by atoms with Crippen molar-refractivity contribution in [3.8, 4) is 0 Å². The number of rotatable bonds is 6. The number of halogens is 1. The Morgan fingerprint density at radius 2 is 2.15 bits per heavy atom. The first-order valence-corrected chi connectivity index (χ1v) is 8.42. The molecule has 3 aromatic rings. The first-order chi connectivity index (χ1) is 12.4. The number of nitrogens with one attached hydrogen (secondary N) is 1. The molecule has 10 heteroatoms. The van der Waals surface area contributed by atoms with Crippen LogP contribution in [-0.2, 0) is 11.3 Å². The SMILES string of the molecule is O=C(CCCn1c(=O)oc2cc([N+](=O)[O-])ccc21)Nc1ccc(Br)cn1. The number of nitro groups is 1. The Kier molecular flexibility index (Phi) is 5.12. The molecule has 0 aliphatic carbocycles. The zero-order valence-corrected chi connectivity index (χ0v) is 14.9. The molecule has 0 aliphatic rings. The molecule has 0 unspecified atom stereocenters. The summed E-state index contributed by atoms with van der Waals surface area (Å²) in [5.74, 6) is -0.400. The van der Waals surface area contributed by atoms with Crippen molar-refractivity contribution >= 4 is 44.4 Å². The van der Waals surface area contributed by atoms with Gasteiger partial charge in [0.2, 0.25) is 5.91 Å². The van der Waals surface area contributed by atoms with Gasteiger partial charge >= 0.3 is 5.76 Å². The second kappa shape index (κ2) is 7.48. The molecule has 2 heterocycles. The fourth-order valence-corrected chi connectivity index (χ4v) is 2.67. The van der Waals surface area contributed by atoms with Crippen LogP contribution in [0.5, 0.6) is 0 Å². The van der Waals surface area contributed by atoms with E-state index in [2.05, 4.69) is 26.2 Å². The quantitative estimate of drug-likeness (QED) is 0.483. The summed E-state index contributed by atoms with van der Waals surface area (Å²) in [4.78, 5) is 38.1. The highest BCUT2D eigenvalue weighted by Crippen LogP contribution is 2.20. The summed E-state index contributed by atoms with van der Waals surface area (Å²) >= 11 is 3.26. The van der Waals surface area contributed by atoms with Crippen molar-refractivity contribution in [3.63, 3.8) is 0 Å². The maximum atomic E-state index is 11.9. The van der Waals surface area contributed by atoms with E-state index in [1.165, 1.54) is 22.8 Å². The lowest BCUT2D eigenvalue weighted by Crippen LogP contribution is -2.17. The predicted octanol–water partition coefficient (Wildman–Crippen LogP) is 3.08. The molecule has 0 spiro atoms. The van der Waals surface area contributed by atoms with Gasteiger partial charge in [0.1, 0.15) is 5.82 Å². The Morgan fingerprint density at radius 1 is 1.35 bits per heavy atom. The van der Waals surface area contributed by atoms with Crippen LogP contribution < -0.4 is 11.1 Å². The number of fused-ring (bicyclic) bond motifs is 1. The summed E-state index contributed by atoms with van der Waals surface area (Å²) in [7, 11) is 0. The summed E-state index contributed by atoms with van der Waals surface area (Å²) in [5.41, 5.74) is 0.447. The van der Waals surface area contributed by atoms with Crippen LogP contribution in [0.4, 0.5) is 11.5 Å². The lowest BCUT2D eigenvalue weighted by atomic mass is 10.2. The number of anilines is 1. The number of hydrogen-bond donors (Lipinski definition) is 1. The number of carbonyl (C=O) groups is 1. The highest BCUT2D eigenvalue weighted by Gasteiger charge is 2.14. The van der Waals surface area contributed by atoms with E-state index in [0.29, 0.717) is 17.8 Å². The molecule has 3 rings (SSSR count). The smallest absolute Gasteiger partial charge is 0.407 e. The van der Waals surface area contributed by atoms with Crippen molar-refractivity contribution in [1.82, 2.24) is 9.55 Å². The molecule has 0 saturated heterocycles. The third kappa shape index (κ3) is 3.97. The van der Waals surface area contributed by atoms with E-state index < -0.39 is 10.7 Å². The van der Waals surface area contributed by atoms with Crippen molar-refractivity contribution < 1.29 is 14.1 Å². The molecule has 0 bridgehead atoms. The van der Waals surface area contributed by atoms with Crippen molar-refractivity contribution in [2.24, 2.45) is 0 Å². The number of pyridine rings is 1. The largest absolute Gasteiger partial charge is 0.419 e. The highest BCUT2D eigenvalue weighted by atomic mass is 79.9. The van der Waals surface area contributed by atoms with Crippen LogP contribution >= 0.6 is 15.9 Å². The van der Waals surface area contributed by atoms with E-state index in [1.807, 2.05) is 0 Å². The van der Waals surface area contributed by atoms with E-state index in [0.717, 1.165) is 4.47 Å². The summed E-state index contributed by atoms with van der Waals surface area (Å²) in [6.45, 7) is 0.255. The van der Waals surface area contributed by atoms with Crippen LogP contribution in [0.3, 0.4) is 0 Å². The number of oxazole rings is 1. The lowest BCUT2D eigenvalue weighted by molar-refractivity contribution is -0.384. The van der Waals surface area contributed by atoms with Gasteiger partial charge in [-0.1, -0.05) is 0 Å². The fourth-order valence-electron chi connectivity index (χ4n) is 2.43. The molecule has 0 radical (unpaired) electrons. The second-order valence-electron chi connectivity index (χ2n) is 5.44. The number of benzene rings is 1. The predicted molar refractivity (Wildman–Crippen MR) is 96.9 cm³/mol. The van der Waals surface area contributed by atoms with Crippen molar-refractivity contribution in [3.05, 3.63) is 61.7 Å². The average molecular weight is 421 g/mol. The van der Waals surface area contributed by atoms with Gasteiger partial charge in [0.15, 0.2) is 5.58 Å². The van der Waals surface area contributed by atoms with Gasteiger partial charge in [0.25, 0.3) is 5.69 Å². The number of nitrogens with zero attached hydrogens (tertiary/aromatic N) is 3. The molecule has 0 saturated carbocycles. The Balaban J connectivity index is 1.63. The van der Waals surface area contributed by atoms with Crippen LogP contribution in [0.2, 0.25) is 0 Å². The Morgan fingerprint density at radius 3 is 2.85 bits per heavy atom. The normalized spacial score (nSPS) is 10.8. The number of carbonyl (C=O) groups excluding carboxylic acids is 1. The number of aryl methyl sites for hydroxylation is 1. The zero-order chi connectivity index (χ0) is 18.7. The topological polar surface area (TPSA) is 120 Å². The van der Waals surface area contributed by atoms with Crippen molar-refractivity contribution in [2.45, 2.75) is 19.4 Å². The molecule has 134 valence electrons. The number of nitro benzene ring substituents is 1. The number of aromatic nitrogens is 2. The molecule has 9 nitrogen and oxygen atoms in total. The van der Waals surface area contributed by atoms with Crippen LogP contribution in [-0.4, -0.2) is 20.4 Å². The number of amides is 1. The Labute approximate surface area is 154 Å². The molecular weight excluding hydrogens is 408 g/mol. The summed E-state index contributed by atoms with van der Waals surface area (Å²) in [6, 6.07) is 7.41. The minimum atomic E-state index is -0.615. The standard InChI is InChI=1S/C16H13BrN4O5/c17-10-3-6-14(18-9-10)19-15(22)2-1-7-20-12-5-4-11(21(24)25)8-13(12)26-16(20)23/h3-6,8-9H,1-2,7H2,(H,18,19,22). The summed E-state index contributed by atoms with van der Waals surface area (Å²) in [5, 5.41) is 13.4. The molecule has 1 aromatic carbocycles. The summed E-state index contributed by atoms with van der Waals surface area (Å²) in [6.07, 6.45) is 2.16. The Hall–Kier alpha value is -3.01. The Bertz CT molecular complexity index is 1030. The summed E-state index contributed by atoms with van der Waals surface area (Å²) < 4.78 is 7.20. The zero-order valence-electron chi connectivity index (χ0n) is 13.3. The second-order valence-corrected chi connectivity index (χ2v) is 6.36.